The summed E-state index contributed by atoms with van der Waals surface area (Å²) in [5.74, 6) is 1.21. The topological polar surface area (TPSA) is 93.1 Å². The van der Waals surface area contributed by atoms with Crippen LogP contribution in [0.15, 0.2) is 0 Å². The van der Waals surface area contributed by atoms with Crippen LogP contribution < -0.4 is 0 Å². The zero-order valence-corrected chi connectivity index (χ0v) is 23.4. The lowest BCUT2D eigenvalue weighted by Crippen LogP contribution is -2.27. The van der Waals surface area contributed by atoms with Gasteiger partial charge in [0.15, 0.2) is 0 Å². The van der Waals surface area contributed by atoms with E-state index in [4.69, 9.17) is 19.0 Å². The van der Waals surface area contributed by atoms with Gasteiger partial charge in [0.05, 0.1) is 6.10 Å². The first-order valence-electron chi connectivity index (χ1n) is 12.3. The lowest BCUT2D eigenvalue weighted by atomic mass is 10.0. The number of ether oxygens (including phenoxy) is 1. The minimum absolute atomic E-state index is 0.252. The summed E-state index contributed by atoms with van der Waals surface area (Å²) >= 11 is 4.92. The quantitative estimate of drug-likeness (QED) is 0.0581. The summed E-state index contributed by atoms with van der Waals surface area (Å²) in [5.41, 5.74) is 0. The van der Waals surface area contributed by atoms with Gasteiger partial charge in [-0.2, -0.15) is 11.8 Å². The number of hydrogen-bond acceptors (Lipinski definition) is 5. The van der Waals surface area contributed by atoms with Crippen molar-refractivity contribution >= 4 is 41.5 Å². The molecule has 0 saturated carbocycles. The van der Waals surface area contributed by atoms with Gasteiger partial charge in [0.1, 0.15) is 6.10 Å². The third kappa shape index (κ3) is 23.6. The van der Waals surface area contributed by atoms with E-state index in [-0.39, 0.29) is 11.8 Å². The number of hydrogen-bond donors (Lipinski definition) is 2. The van der Waals surface area contributed by atoms with Crippen molar-refractivity contribution in [3.8, 4) is 0 Å². The molecule has 2 unspecified atom stereocenters. The van der Waals surface area contributed by atoms with Crippen LogP contribution in [0.2, 0.25) is 0 Å². The Morgan fingerprint density at radius 2 is 1.34 bits per heavy atom. The Labute approximate surface area is 208 Å². The molecule has 0 spiro atoms. The van der Waals surface area contributed by atoms with Gasteiger partial charge in [-0.3, -0.25) is 9.32 Å². The number of halogens is 1. The molecule has 0 aliphatic rings. The lowest BCUT2D eigenvalue weighted by molar-refractivity contribution is -0.146. The van der Waals surface area contributed by atoms with Gasteiger partial charge in [0.2, 0.25) is 0 Å². The Morgan fingerprint density at radius 1 is 0.875 bits per heavy atom. The normalized spacial score (nSPS) is 13.8. The van der Waals surface area contributed by atoms with E-state index in [9.17, 15) is 9.36 Å². The van der Waals surface area contributed by atoms with Gasteiger partial charge < -0.3 is 14.5 Å². The molecule has 0 aliphatic carbocycles. The van der Waals surface area contributed by atoms with E-state index in [1.54, 1.807) is 11.8 Å². The molecule has 0 heterocycles. The zero-order valence-electron chi connectivity index (χ0n) is 20.1. The SMILES string of the molecule is CCCCCCCCCCCCCCCCSCC(CC(CBr)OP(=O)(O)O)OC(C)=O. The number of carbonyl (C=O) groups is 1. The first-order chi connectivity index (χ1) is 15.3. The van der Waals surface area contributed by atoms with Crippen LogP contribution in [-0.2, 0) is 18.6 Å². The van der Waals surface area contributed by atoms with Crippen molar-refractivity contribution in [2.75, 3.05) is 16.8 Å². The predicted octanol–water partition coefficient (Wildman–Crippen LogP) is 7.40. The third-order valence-corrected chi connectivity index (χ3v) is 7.74. The van der Waals surface area contributed by atoms with Gasteiger partial charge in [-0.15, -0.1) is 0 Å². The second kappa shape index (κ2) is 21.9. The summed E-state index contributed by atoms with van der Waals surface area (Å²) in [6.07, 6.45) is 17.9. The first-order valence-corrected chi connectivity index (χ1v) is 16.1. The summed E-state index contributed by atoms with van der Waals surface area (Å²) in [7, 11) is -4.57. The molecule has 6 nitrogen and oxygen atoms in total. The molecule has 0 rings (SSSR count). The Balaban J connectivity index is 3.71. The molecular formula is C23H46BrO6PS. The van der Waals surface area contributed by atoms with Crippen LogP contribution in [0, 0.1) is 0 Å². The average molecular weight is 562 g/mol. The number of thioether (sulfide) groups is 1. The van der Waals surface area contributed by atoms with Crippen molar-refractivity contribution < 1.29 is 28.4 Å². The van der Waals surface area contributed by atoms with Crippen molar-refractivity contribution in [2.45, 2.75) is 122 Å². The molecule has 0 saturated heterocycles. The molecule has 32 heavy (non-hydrogen) atoms. The Morgan fingerprint density at radius 3 is 1.75 bits per heavy atom. The van der Waals surface area contributed by atoms with E-state index in [2.05, 4.69) is 22.9 Å². The third-order valence-electron chi connectivity index (χ3n) is 5.26. The van der Waals surface area contributed by atoms with Crippen molar-refractivity contribution in [1.29, 1.82) is 0 Å². The maximum Gasteiger partial charge on any atom is 0.469 e. The molecule has 0 radical (unpaired) electrons. The van der Waals surface area contributed by atoms with E-state index < -0.39 is 26.0 Å². The van der Waals surface area contributed by atoms with E-state index in [0.717, 1.165) is 12.2 Å². The van der Waals surface area contributed by atoms with E-state index >= 15 is 0 Å². The standard InChI is InChI=1S/C23H46BrO6PS/c1-3-4-5-6-7-8-9-10-11-12-13-14-15-16-17-32-20-23(29-21(2)25)18-22(19-24)30-31(26,27)28/h22-23H,3-20H2,1-2H3,(H2,26,27,28). The summed E-state index contributed by atoms with van der Waals surface area (Å²) < 4.78 is 21.1. The smallest absolute Gasteiger partial charge is 0.462 e. The van der Waals surface area contributed by atoms with Gasteiger partial charge in [0.25, 0.3) is 0 Å². The highest BCUT2D eigenvalue weighted by molar-refractivity contribution is 9.09. The maximum atomic E-state index is 11.3. The molecule has 2 N–H and O–H groups in total. The van der Waals surface area contributed by atoms with Gasteiger partial charge in [-0.25, -0.2) is 4.57 Å². The van der Waals surface area contributed by atoms with Gasteiger partial charge in [-0.1, -0.05) is 106 Å². The fraction of sp³-hybridized carbons (Fsp3) is 0.957. The molecule has 0 aromatic heterocycles. The Hall–Kier alpha value is 0.410. The summed E-state index contributed by atoms with van der Waals surface area (Å²) in [6.45, 7) is 3.61. The fourth-order valence-corrected chi connectivity index (χ4v) is 5.81. The van der Waals surface area contributed by atoms with Crippen molar-refractivity contribution in [3.05, 3.63) is 0 Å². The second-order valence-corrected chi connectivity index (χ2v) is 11.5. The van der Waals surface area contributed by atoms with Gasteiger partial charge >= 0.3 is 13.8 Å². The highest BCUT2D eigenvalue weighted by Crippen LogP contribution is 2.39. The minimum Gasteiger partial charge on any atom is -0.462 e. The number of rotatable bonds is 23. The average Bonchev–Trinajstić information content (AvgIpc) is 2.71. The Kier molecular flexibility index (Phi) is 22.2. The number of unbranched alkanes of at least 4 members (excludes halogenated alkanes) is 13. The number of phosphoric ester groups is 1. The molecule has 0 aliphatic heterocycles. The van der Waals surface area contributed by atoms with E-state index in [1.807, 2.05) is 0 Å². The van der Waals surface area contributed by atoms with Crippen LogP contribution in [0.25, 0.3) is 0 Å². The van der Waals surface area contributed by atoms with Crippen molar-refractivity contribution in [3.63, 3.8) is 0 Å². The van der Waals surface area contributed by atoms with Crippen molar-refractivity contribution in [2.24, 2.45) is 0 Å². The van der Waals surface area contributed by atoms with Gasteiger partial charge in [0, 0.05) is 24.4 Å². The van der Waals surface area contributed by atoms with Crippen LogP contribution in [-0.4, -0.2) is 44.8 Å². The molecule has 192 valence electrons. The minimum atomic E-state index is -4.57. The number of alkyl halides is 1. The van der Waals surface area contributed by atoms with E-state index in [0.29, 0.717) is 5.75 Å². The number of phosphoric acid groups is 1. The monoisotopic (exact) mass is 560 g/mol. The summed E-state index contributed by atoms with van der Waals surface area (Å²) in [5, 5.41) is 0.263. The number of carbonyl (C=O) groups excluding carboxylic acids is 1. The highest BCUT2D eigenvalue weighted by Gasteiger charge is 2.25. The molecule has 9 heteroatoms. The first kappa shape index (κ1) is 32.4. The number of esters is 1. The second-order valence-electron chi connectivity index (χ2n) is 8.51. The molecule has 0 aromatic rings. The molecule has 0 aromatic carbocycles. The molecular weight excluding hydrogens is 515 g/mol. The van der Waals surface area contributed by atoms with Crippen LogP contribution in [0.1, 0.15) is 110 Å². The summed E-state index contributed by atoms with van der Waals surface area (Å²) in [6, 6.07) is 0. The zero-order chi connectivity index (χ0) is 24.1. The highest BCUT2D eigenvalue weighted by atomic mass is 79.9. The molecule has 0 bridgehead atoms. The van der Waals surface area contributed by atoms with Gasteiger partial charge in [-0.05, 0) is 12.2 Å². The van der Waals surface area contributed by atoms with E-state index in [1.165, 1.54) is 90.4 Å². The molecule has 0 fully saturated rings. The summed E-state index contributed by atoms with van der Waals surface area (Å²) in [4.78, 5) is 29.3. The van der Waals surface area contributed by atoms with Crippen LogP contribution in [0.4, 0.5) is 0 Å². The van der Waals surface area contributed by atoms with Crippen LogP contribution >= 0.6 is 35.5 Å². The maximum absolute atomic E-state index is 11.3. The van der Waals surface area contributed by atoms with Crippen LogP contribution in [0.5, 0.6) is 0 Å². The molecule has 0 amide bonds. The predicted molar refractivity (Wildman–Crippen MR) is 139 cm³/mol. The van der Waals surface area contributed by atoms with Crippen LogP contribution in [0.3, 0.4) is 0 Å². The largest absolute Gasteiger partial charge is 0.469 e. The molecule has 2 atom stereocenters. The Bertz CT molecular complexity index is 491. The lowest BCUT2D eigenvalue weighted by Gasteiger charge is -2.22. The fourth-order valence-electron chi connectivity index (χ4n) is 3.62. The van der Waals surface area contributed by atoms with Crippen molar-refractivity contribution in [1.82, 2.24) is 0 Å².